The second-order valence-corrected chi connectivity index (χ2v) is 7.18. The predicted molar refractivity (Wildman–Crippen MR) is 112 cm³/mol. The molecule has 6 heteroatoms. The van der Waals surface area contributed by atoms with Crippen molar-refractivity contribution in [2.24, 2.45) is 15.7 Å². The number of guanidine groups is 2. The van der Waals surface area contributed by atoms with Gasteiger partial charge in [-0.1, -0.05) is 35.4 Å². The molecule has 2 aliphatic rings. The molecule has 6 nitrogen and oxygen atoms in total. The summed E-state index contributed by atoms with van der Waals surface area (Å²) in [7, 11) is 0. The van der Waals surface area contributed by atoms with Crippen molar-refractivity contribution in [2.45, 2.75) is 33.0 Å². The monoisotopic (exact) mass is 362 g/mol. The van der Waals surface area contributed by atoms with Gasteiger partial charge in [0.25, 0.3) is 0 Å². The molecule has 0 spiro atoms. The molecule has 27 heavy (non-hydrogen) atoms. The van der Waals surface area contributed by atoms with Crippen LogP contribution in [0.5, 0.6) is 0 Å². The number of hydrogen-bond acceptors (Lipinski definition) is 6. The highest BCUT2D eigenvalue weighted by molar-refractivity contribution is 6.06. The second-order valence-electron chi connectivity index (χ2n) is 7.18. The van der Waals surface area contributed by atoms with Crippen molar-refractivity contribution in [3.63, 3.8) is 0 Å². The zero-order chi connectivity index (χ0) is 18.8. The van der Waals surface area contributed by atoms with Crippen LogP contribution in [-0.2, 0) is 0 Å². The van der Waals surface area contributed by atoms with Gasteiger partial charge in [0.2, 0.25) is 18.2 Å². The van der Waals surface area contributed by atoms with E-state index in [0.717, 1.165) is 30.4 Å². The Morgan fingerprint density at radius 3 is 2.15 bits per heavy atom. The van der Waals surface area contributed by atoms with Gasteiger partial charge in [-0.05, 0) is 51.0 Å². The van der Waals surface area contributed by atoms with Crippen LogP contribution >= 0.6 is 0 Å². The number of hydrogen-bond donors (Lipinski definition) is 2. The van der Waals surface area contributed by atoms with Gasteiger partial charge in [-0.25, -0.2) is 4.99 Å². The molecule has 0 amide bonds. The maximum Gasteiger partial charge on any atom is 0.222 e. The van der Waals surface area contributed by atoms with E-state index in [-0.39, 0.29) is 6.29 Å². The molecular formula is C21H26N6. The fraction of sp³-hybridized carbons (Fsp3) is 0.333. The number of aliphatic imine (C=N–C) groups is 2. The molecule has 1 saturated heterocycles. The summed E-state index contributed by atoms with van der Waals surface area (Å²) in [6.45, 7) is 6.16. The minimum atomic E-state index is -0.344. The van der Waals surface area contributed by atoms with Gasteiger partial charge in [-0.2, -0.15) is 4.99 Å². The van der Waals surface area contributed by atoms with Gasteiger partial charge in [0.05, 0.1) is 0 Å². The third-order valence-electron chi connectivity index (χ3n) is 4.98. The van der Waals surface area contributed by atoms with E-state index in [2.05, 4.69) is 87.5 Å². The van der Waals surface area contributed by atoms with E-state index >= 15 is 0 Å². The Kier molecular flexibility index (Phi) is 4.71. The summed E-state index contributed by atoms with van der Waals surface area (Å²) < 4.78 is 0. The quantitative estimate of drug-likeness (QED) is 0.879. The largest absolute Gasteiger partial charge is 0.368 e. The molecular weight excluding hydrogens is 336 g/mol. The maximum atomic E-state index is 6.09. The van der Waals surface area contributed by atoms with Crippen molar-refractivity contribution < 1.29 is 0 Å². The topological polar surface area (TPSA) is 69.2 Å². The molecule has 0 aliphatic carbocycles. The number of benzene rings is 2. The Labute approximate surface area is 160 Å². The minimum Gasteiger partial charge on any atom is -0.368 e. The van der Waals surface area contributed by atoms with Crippen LogP contribution in [0.1, 0.15) is 24.0 Å². The van der Waals surface area contributed by atoms with E-state index in [1.807, 2.05) is 0 Å². The summed E-state index contributed by atoms with van der Waals surface area (Å²) in [5, 5.41) is 3.51. The lowest BCUT2D eigenvalue weighted by Crippen LogP contribution is -2.54. The van der Waals surface area contributed by atoms with Crippen LogP contribution in [0.4, 0.5) is 11.4 Å². The van der Waals surface area contributed by atoms with Crippen molar-refractivity contribution >= 4 is 23.3 Å². The van der Waals surface area contributed by atoms with Crippen LogP contribution < -0.4 is 16.0 Å². The highest BCUT2D eigenvalue weighted by Gasteiger charge is 2.32. The van der Waals surface area contributed by atoms with E-state index in [4.69, 9.17) is 5.73 Å². The van der Waals surface area contributed by atoms with E-state index in [0.29, 0.717) is 5.96 Å². The van der Waals surface area contributed by atoms with Gasteiger partial charge in [0.15, 0.2) is 0 Å². The van der Waals surface area contributed by atoms with E-state index in [1.54, 1.807) is 0 Å². The summed E-state index contributed by atoms with van der Waals surface area (Å²) in [6.07, 6.45) is 2.00. The van der Waals surface area contributed by atoms with Crippen molar-refractivity contribution in [1.82, 2.24) is 4.90 Å². The molecule has 0 saturated carbocycles. The number of aryl methyl sites for hydroxylation is 2. The van der Waals surface area contributed by atoms with Gasteiger partial charge >= 0.3 is 0 Å². The molecule has 140 valence electrons. The average Bonchev–Trinajstić information content (AvgIpc) is 3.19. The molecule has 0 aromatic heterocycles. The Morgan fingerprint density at radius 2 is 1.52 bits per heavy atom. The fourth-order valence-corrected chi connectivity index (χ4v) is 3.48. The van der Waals surface area contributed by atoms with Crippen LogP contribution in [0.2, 0.25) is 0 Å². The Hall–Kier alpha value is -3.02. The smallest absolute Gasteiger partial charge is 0.222 e. The van der Waals surface area contributed by atoms with E-state index < -0.39 is 0 Å². The first-order valence-corrected chi connectivity index (χ1v) is 9.46. The Balaban J connectivity index is 1.71. The lowest BCUT2D eigenvalue weighted by molar-refractivity contribution is 0.497. The number of rotatable bonds is 3. The molecule has 4 rings (SSSR count). The normalized spacial score (nSPS) is 19.7. The number of anilines is 2. The highest BCUT2D eigenvalue weighted by atomic mass is 15.5. The fourth-order valence-electron chi connectivity index (χ4n) is 3.48. The summed E-state index contributed by atoms with van der Waals surface area (Å²) >= 11 is 0. The number of likely N-dealkylation sites (tertiary alicyclic amines) is 1. The first-order valence-electron chi connectivity index (χ1n) is 9.46. The Morgan fingerprint density at radius 1 is 0.926 bits per heavy atom. The zero-order valence-electron chi connectivity index (χ0n) is 15.9. The summed E-state index contributed by atoms with van der Waals surface area (Å²) in [4.78, 5) is 13.6. The van der Waals surface area contributed by atoms with E-state index in [1.165, 1.54) is 24.0 Å². The predicted octanol–water partition coefficient (Wildman–Crippen LogP) is 3.29. The van der Waals surface area contributed by atoms with Crippen LogP contribution in [0, 0.1) is 13.8 Å². The van der Waals surface area contributed by atoms with Crippen LogP contribution in [0.15, 0.2) is 58.5 Å². The summed E-state index contributed by atoms with van der Waals surface area (Å²) in [5.41, 5.74) is 10.6. The lowest BCUT2D eigenvalue weighted by atomic mass is 10.2. The first-order chi connectivity index (χ1) is 13.1. The van der Waals surface area contributed by atoms with E-state index in [9.17, 15) is 0 Å². The van der Waals surface area contributed by atoms with Crippen molar-refractivity contribution in [2.75, 3.05) is 23.3 Å². The molecule has 2 aliphatic heterocycles. The third kappa shape index (κ3) is 3.74. The molecule has 2 heterocycles. The summed E-state index contributed by atoms with van der Waals surface area (Å²) in [5.74, 6) is 1.18. The molecule has 1 atom stereocenters. The third-order valence-corrected chi connectivity index (χ3v) is 4.98. The standard InChI is InChI=1S/C21H26N6/c1-15-5-9-17(10-6-15)23-20-24-19(22)25-21(26-13-3-4-14-26)27(20)18-11-7-16(2)8-12-18/h5-12,20,23H,3-4,13-14H2,1-2H3,(H2,22,24). The van der Waals surface area contributed by atoms with Crippen LogP contribution in [-0.4, -0.2) is 36.2 Å². The van der Waals surface area contributed by atoms with Crippen LogP contribution in [0.25, 0.3) is 0 Å². The molecule has 2 aromatic rings. The second kappa shape index (κ2) is 7.31. The number of nitrogens with zero attached hydrogens (tertiary/aromatic N) is 4. The van der Waals surface area contributed by atoms with Crippen molar-refractivity contribution in [3.8, 4) is 0 Å². The van der Waals surface area contributed by atoms with Gasteiger partial charge in [-0.15, -0.1) is 0 Å². The SMILES string of the molecule is Cc1ccc(NC2N=C(N)N=C(N3CCCC3)N2c2ccc(C)cc2)cc1. The molecule has 1 fully saturated rings. The van der Waals surface area contributed by atoms with Gasteiger partial charge in [0.1, 0.15) is 0 Å². The molecule has 2 aromatic carbocycles. The molecule has 1 unspecified atom stereocenters. The molecule has 0 bridgehead atoms. The van der Waals surface area contributed by atoms with Gasteiger partial charge in [-0.3, -0.25) is 4.90 Å². The van der Waals surface area contributed by atoms with Gasteiger partial charge in [0, 0.05) is 24.5 Å². The summed E-state index contributed by atoms with van der Waals surface area (Å²) in [6, 6.07) is 16.8. The molecule has 0 radical (unpaired) electrons. The average molecular weight is 362 g/mol. The van der Waals surface area contributed by atoms with Crippen LogP contribution in [0.3, 0.4) is 0 Å². The highest BCUT2D eigenvalue weighted by Crippen LogP contribution is 2.26. The number of nitrogens with one attached hydrogen (secondary N) is 1. The van der Waals surface area contributed by atoms with Crippen molar-refractivity contribution in [3.05, 3.63) is 59.7 Å². The number of nitrogens with two attached hydrogens (primary N) is 1. The Bertz CT molecular complexity index is 847. The molecule has 3 N–H and O–H groups in total. The zero-order valence-corrected chi connectivity index (χ0v) is 15.9. The van der Waals surface area contributed by atoms with Gasteiger partial charge < -0.3 is 16.0 Å². The maximum absolute atomic E-state index is 6.09. The minimum absolute atomic E-state index is 0.310. The lowest BCUT2D eigenvalue weighted by Gasteiger charge is -2.38. The first kappa shape index (κ1) is 17.4. The van der Waals surface area contributed by atoms with Crippen molar-refractivity contribution in [1.29, 1.82) is 0 Å².